The quantitative estimate of drug-likeness (QED) is 0.649. The Morgan fingerprint density at radius 3 is 2.34 bits per heavy atom. The van der Waals surface area contributed by atoms with E-state index in [9.17, 15) is 9.59 Å². The van der Waals surface area contributed by atoms with Crippen molar-refractivity contribution in [3.8, 4) is 11.5 Å². The van der Waals surface area contributed by atoms with Crippen LogP contribution in [-0.4, -0.2) is 61.3 Å². The molecule has 1 saturated carbocycles. The molecule has 4 rings (SSSR count). The van der Waals surface area contributed by atoms with E-state index >= 15 is 0 Å². The summed E-state index contributed by atoms with van der Waals surface area (Å²) in [7, 11) is 3.35. The van der Waals surface area contributed by atoms with Gasteiger partial charge in [-0.05, 0) is 68.1 Å². The normalized spacial score (nSPS) is 27.1. The number of urea groups is 1. The summed E-state index contributed by atoms with van der Waals surface area (Å²) in [5, 5.41) is 3.06. The Hall–Kier alpha value is -2.28. The fraction of sp³-hybridized carbons (Fsp3) is 0.680. The summed E-state index contributed by atoms with van der Waals surface area (Å²) in [5.41, 5.74) is 0.570. The summed E-state index contributed by atoms with van der Waals surface area (Å²) in [6.07, 6.45) is 8.21. The number of amides is 3. The number of imide groups is 1. The number of carbonyl (C=O) groups is 2. The molecule has 7 heteroatoms. The van der Waals surface area contributed by atoms with Gasteiger partial charge >= 0.3 is 6.03 Å². The number of hydrogen-bond donors (Lipinski definition) is 1. The highest BCUT2D eigenvalue weighted by Crippen LogP contribution is 2.38. The van der Waals surface area contributed by atoms with Crippen LogP contribution in [0.1, 0.15) is 57.4 Å². The fourth-order valence-electron chi connectivity index (χ4n) is 5.62. The Morgan fingerprint density at radius 1 is 1.03 bits per heavy atom. The van der Waals surface area contributed by atoms with E-state index in [0.717, 1.165) is 76.0 Å². The molecule has 7 nitrogen and oxygen atoms in total. The van der Waals surface area contributed by atoms with Crippen molar-refractivity contribution < 1.29 is 19.1 Å². The second kappa shape index (κ2) is 9.69. The number of benzene rings is 1. The van der Waals surface area contributed by atoms with E-state index in [1.807, 2.05) is 6.07 Å². The van der Waals surface area contributed by atoms with Gasteiger partial charge < -0.3 is 14.8 Å². The van der Waals surface area contributed by atoms with Gasteiger partial charge in [-0.2, -0.15) is 0 Å². The van der Waals surface area contributed by atoms with Gasteiger partial charge in [-0.3, -0.25) is 9.69 Å². The maximum Gasteiger partial charge on any atom is 0.326 e. The highest BCUT2D eigenvalue weighted by molar-refractivity contribution is 6.07. The number of nitrogens with one attached hydrogen (secondary N) is 1. The predicted molar refractivity (Wildman–Crippen MR) is 123 cm³/mol. The third-order valence-electron chi connectivity index (χ3n) is 7.80. The van der Waals surface area contributed by atoms with Crippen molar-refractivity contribution >= 4 is 11.9 Å². The van der Waals surface area contributed by atoms with Gasteiger partial charge in [0.25, 0.3) is 5.91 Å². The maximum atomic E-state index is 13.2. The van der Waals surface area contributed by atoms with E-state index < -0.39 is 5.54 Å². The molecule has 1 aromatic carbocycles. The zero-order chi connectivity index (χ0) is 22.7. The van der Waals surface area contributed by atoms with Crippen LogP contribution in [0.2, 0.25) is 0 Å². The largest absolute Gasteiger partial charge is 0.497 e. The predicted octanol–water partition coefficient (Wildman–Crippen LogP) is 3.81. The highest BCUT2D eigenvalue weighted by atomic mass is 16.5. The van der Waals surface area contributed by atoms with Gasteiger partial charge in [0.05, 0.1) is 20.9 Å². The van der Waals surface area contributed by atoms with E-state index in [2.05, 4.69) is 29.3 Å². The van der Waals surface area contributed by atoms with E-state index in [0.29, 0.717) is 12.6 Å². The smallest absolute Gasteiger partial charge is 0.326 e. The maximum absolute atomic E-state index is 13.2. The molecule has 2 atom stereocenters. The average Bonchev–Trinajstić information content (AvgIpc) is 3.05. The molecule has 1 aliphatic carbocycles. The van der Waals surface area contributed by atoms with Crippen molar-refractivity contribution in [3.05, 3.63) is 23.8 Å². The Morgan fingerprint density at radius 2 is 1.72 bits per heavy atom. The molecule has 176 valence electrons. The summed E-state index contributed by atoms with van der Waals surface area (Å²) in [6, 6.07) is 5.85. The van der Waals surface area contributed by atoms with Crippen molar-refractivity contribution in [2.24, 2.45) is 11.8 Å². The molecule has 0 radical (unpaired) electrons. The van der Waals surface area contributed by atoms with Crippen molar-refractivity contribution in [3.63, 3.8) is 0 Å². The van der Waals surface area contributed by atoms with Crippen LogP contribution < -0.4 is 14.8 Å². The van der Waals surface area contributed by atoms with Crippen LogP contribution in [0.4, 0.5) is 4.79 Å². The molecule has 1 spiro atoms. The molecular weight excluding hydrogens is 406 g/mol. The molecular formula is C25H37N3O4. The van der Waals surface area contributed by atoms with Crippen molar-refractivity contribution in [2.75, 3.05) is 34.0 Å². The van der Waals surface area contributed by atoms with Crippen molar-refractivity contribution in [1.82, 2.24) is 15.1 Å². The van der Waals surface area contributed by atoms with E-state index in [4.69, 9.17) is 9.47 Å². The second-order valence-corrected chi connectivity index (χ2v) is 9.74. The van der Waals surface area contributed by atoms with Crippen LogP contribution >= 0.6 is 0 Å². The molecule has 1 aromatic rings. The number of rotatable bonds is 7. The minimum atomic E-state index is -0.661. The minimum absolute atomic E-state index is 0.0104. The van der Waals surface area contributed by atoms with E-state index in [-0.39, 0.29) is 17.9 Å². The first kappa shape index (κ1) is 22.9. The van der Waals surface area contributed by atoms with Gasteiger partial charge in [0.1, 0.15) is 17.0 Å². The van der Waals surface area contributed by atoms with Crippen LogP contribution in [0.3, 0.4) is 0 Å². The minimum Gasteiger partial charge on any atom is -0.497 e. The fourth-order valence-corrected chi connectivity index (χ4v) is 5.62. The number of methoxy groups -OCH3 is 2. The zero-order valence-electron chi connectivity index (χ0n) is 19.7. The summed E-state index contributed by atoms with van der Waals surface area (Å²) in [5.74, 6) is 2.50. The second-order valence-electron chi connectivity index (χ2n) is 9.74. The van der Waals surface area contributed by atoms with Crippen molar-refractivity contribution in [1.29, 1.82) is 0 Å². The Kier molecular flexibility index (Phi) is 6.93. The molecule has 3 aliphatic rings. The first-order valence-electron chi connectivity index (χ1n) is 12.0. The van der Waals surface area contributed by atoms with Crippen LogP contribution in [-0.2, 0) is 11.2 Å². The number of hydrogen-bond acceptors (Lipinski definition) is 5. The topological polar surface area (TPSA) is 71.1 Å². The average molecular weight is 444 g/mol. The number of aryl methyl sites for hydroxylation is 1. The summed E-state index contributed by atoms with van der Waals surface area (Å²) >= 11 is 0. The lowest BCUT2D eigenvalue weighted by atomic mass is 9.73. The lowest BCUT2D eigenvalue weighted by molar-refractivity contribution is -0.135. The first-order chi connectivity index (χ1) is 15.4. The number of carbonyl (C=O) groups excluding carboxylic acids is 2. The third kappa shape index (κ3) is 4.58. The van der Waals surface area contributed by atoms with Gasteiger partial charge in [-0.1, -0.05) is 19.8 Å². The van der Waals surface area contributed by atoms with Gasteiger partial charge in [-0.15, -0.1) is 0 Å². The SMILES string of the molecule is COc1cc(CCC2CCN(CN3C(=O)N[C@@]4(CCCC[C@H]4C)C3=O)CC2)cc(OC)c1. The number of nitrogens with zero attached hydrogens (tertiary/aromatic N) is 2. The number of piperidine rings is 1. The number of ether oxygens (including phenoxy) is 2. The molecule has 1 N–H and O–H groups in total. The molecule has 32 heavy (non-hydrogen) atoms. The Balaban J connectivity index is 1.27. The van der Waals surface area contributed by atoms with Crippen LogP contribution in [0, 0.1) is 11.8 Å². The van der Waals surface area contributed by atoms with E-state index in [1.165, 1.54) is 10.5 Å². The third-order valence-corrected chi connectivity index (χ3v) is 7.80. The van der Waals surface area contributed by atoms with Gasteiger partial charge in [0.2, 0.25) is 0 Å². The van der Waals surface area contributed by atoms with Gasteiger partial charge in [-0.25, -0.2) is 9.69 Å². The standard InChI is InChI=1S/C25H37N3O4/c1-18-6-4-5-11-25(18)23(29)28(24(30)26-25)17-27-12-9-19(10-13-27)7-8-20-14-21(31-2)16-22(15-20)32-3/h14-16,18-19H,4-13,17H2,1-3H3,(H,26,30)/t18-,25-/m1/s1. The molecule has 3 fully saturated rings. The molecule has 2 aliphatic heterocycles. The highest BCUT2D eigenvalue weighted by Gasteiger charge is 2.55. The van der Waals surface area contributed by atoms with E-state index in [1.54, 1.807) is 14.2 Å². The lowest BCUT2D eigenvalue weighted by Gasteiger charge is -2.37. The lowest BCUT2D eigenvalue weighted by Crippen LogP contribution is -2.54. The van der Waals surface area contributed by atoms with Crippen molar-refractivity contribution in [2.45, 2.75) is 63.8 Å². The zero-order valence-corrected chi connectivity index (χ0v) is 19.7. The van der Waals surface area contributed by atoms with Crippen LogP contribution in [0.15, 0.2) is 18.2 Å². The summed E-state index contributed by atoms with van der Waals surface area (Å²) < 4.78 is 10.8. The Labute approximate surface area is 191 Å². The molecule has 3 amide bonds. The monoisotopic (exact) mass is 443 g/mol. The summed E-state index contributed by atoms with van der Waals surface area (Å²) in [6.45, 7) is 4.36. The van der Waals surface area contributed by atoms with Crippen LogP contribution in [0.5, 0.6) is 11.5 Å². The number of likely N-dealkylation sites (tertiary alicyclic amines) is 1. The molecule has 0 aromatic heterocycles. The van der Waals surface area contributed by atoms with Gasteiger partial charge in [0, 0.05) is 19.2 Å². The summed E-state index contributed by atoms with van der Waals surface area (Å²) in [4.78, 5) is 29.6. The molecule has 0 bridgehead atoms. The van der Waals surface area contributed by atoms with Gasteiger partial charge in [0.15, 0.2) is 0 Å². The molecule has 0 unspecified atom stereocenters. The Bertz CT molecular complexity index is 814. The van der Waals surface area contributed by atoms with Crippen LogP contribution in [0.25, 0.3) is 0 Å². The molecule has 2 saturated heterocycles. The first-order valence-corrected chi connectivity index (χ1v) is 12.0. The molecule has 2 heterocycles.